The fourth-order valence-corrected chi connectivity index (χ4v) is 3.30. The molecule has 3 rings (SSSR count). The number of ether oxygens (including phenoxy) is 1. The van der Waals surface area contributed by atoms with Crippen molar-refractivity contribution in [2.24, 2.45) is 0 Å². The molecular formula is C20H25N3O4. The van der Waals surface area contributed by atoms with Crippen LogP contribution in [-0.2, 0) is 16.0 Å². The number of nitrogens with one attached hydrogen (secondary N) is 2. The van der Waals surface area contributed by atoms with Crippen molar-refractivity contribution in [3.8, 4) is 5.75 Å². The number of amides is 2. The van der Waals surface area contributed by atoms with Crippen molar-refractivity contribution in [2.45, 2.75) is 32.1 Å². The van der Waals surface area contributed by atoms with Gasteiger partial charge in [-0.3, -0.25) is 14.4 Å². The molecule has 0 saturated carbocycles. The highest BCUT2D eigenvalue weighted by Gasteiger charge is 2.17. The molecule has 1 fully saturated rings. The molecule has 1 aromatic heterocycles. The van der Waals surface area contributed by atoms with E-state index >= 15 is 0 Å². The molecule has 1 aliphatic rings. The summed E-state index contributed by atoms with van der Waals surface area (Å²) in [6.07, 6.45) is 3.69. The number of pyridine rings is 1. The number of aryl methyl sites for hydroxylation is 1. The second-order valence-electron chi connectivity index (χ2n) is 6.80. The van der Waals surface area contributed by atoms with Gasteiger partial charge in [-0.2, -0.15) is 0 Å². The van der Waals surface area contributed by atoms with Crippen molar-refractivity contribution >= 4 is 22.7 Å². The number of aromatic nitrogens is 1. The van der Waals surface area contributed by atoms with E-state index in [2.05, 4.69) is 10.3 Å². The second-order valence-corrected chi connectivity index (χ2v) is 6.80. The number of H-pyrrole nitrogens is 1. The largest absolute Gasteiger partial charge is 0.497 e. The quantitative estimate of drug-likeness (QED) is 0.807. The molecule has 2 N–H and O–H groups in total. The molecule has 2 amide bonds. The molecule has 144 valence electrons. The molecule has 27 heavy (non-hydrogen) atoms. The minimum absolute atomic E-state index is 0.0205. The van der Waals surface area contributed by atoms with E-state index in [0.717, 1.165) is 37.7 Å². The third-order valence-electron chi connectivity index (χ3n) is 4.90. The van der Waals surface area contributed by atoms with Gasteiger partial charge in [0.15, 0.2) is 0 Å². The van der Waals surface area contributed by atoms with Gasteiger partial charge in [0, 0.05) is 31.1 Å². The SMILES string of the molecule is COc1ccc2cc(CCC(=O)NCC(=O)N3CCCCC3)c(=O)[nH]c2c1. The van der Waals surface area contributed by atoms with Crippen LogP contribution in [0.25, 0.3) is 10.9 Å². The summed E-state index contributed by atoms with van der Waals surface area (Å²) >= 11 is 0. The summed E-state index contributed by atoms with van der Waals surface area (Å²) in [5, 5.41) is 3.54. The number of fused-ring (bicyclic) bond motifs is 1. The lowest BCUT2D eigenvalue weighted by Gasteiger charge is -2.26. The fourth-order valence-electron chi connectivity index (χ4n) is 3.30. The molecule has 0 spiro atoms. The van der Waals surface area contributed by atoms with Gasteiger partial charge in [0.05, 0.1) is 19.2 Å². The zero-order chi connectivity index (χ0) is 19.2. The first-order chi connectivity index (χ1) is 13.1. The van der Waals surface area contributed by atoms with E-state index in [4.69, 9.17) is 4.74 Å². The molecule has 1 aliphatic heterocycles. The number of methoxy groups -OCH3 is 1. The Morgan fingerprint density at radius 2 is 1.96 bits per heavy atom. The number of likely N-dealkylation sites (tertiary alicyclic amines) is 1. The summed E-state index contributed by atoms with van der Waals surface area (Å²) in [7, 11) is 1.57. The van der Waals surface area contributed by atoms with Gasteiger partial charge in [-0.15, -0.1) is 0 Å². The Labute approximate surface area is 157 Å². The monoisotopic (exact) mass is 371 g/mol. The molecule has 0 bridgehead atoms. The zero-order valence-corrected chi connectivity index (χ0v) is 15.5. The summed E-state index contributed by atoms with van der Waals surface area (Å²) in [6.45, 7) is 1.56. The Bertz CT molecular complexity index is 884. The highest BCUT2D eigenvalue weighted by molar-refractivity contribution is 5.85. The van der Waals surface area contributed by atoms with Crippen LogP contribution in [0.4, 0.5) is 0 Å². The zero-order valence-electron chi connectivity index (χ0n) is 15.5. The number of hydrogen-bond donors (Lipinski definition) is 2. The summed E-state index contributed by atoms with van der Waals surface area (Å²) in [5.74, 6) is 0.402. The van der Waals surface area contributed by atoms with Crippen LogP contribution < -0.4 is 15.6 Å². The van der Waals surface area contributed by atoms with Crippen molar-refractivity contribution in [1.82, 2.24) is 15.2 Å². The molecule has 7 heteroatoms. The summed E-state index contributed by atoms with van der Waals surface area (Å²) in [6, 6.07) is 7.24. The van der Waals surface area contributed by atoms with Crippen molar-refractivity contribution in [3.63, 3.8) is 0 Å². The Balaban J connectivity index is 1.54. The van der Waals surface area contributed by atoms with Gasteiger partial charge in [0.1, 0.15) is 5.75 Å². The van der Waals surface area contributed by atoms with E-state index in [9.17, 15) is 14.4 Å². The number of hydrogen-bond acceptors (Lipinski definition) is 4. The number of carbonyl (C=O) groups excluding carboxylic acids is 2. The second kappa shape index (κ2) is 8.70. The van der Waals surface area contributed by atoms with Gasteiger partial charge in [-0.1, -0.05) is 0 Å². The maximum absolute atomic E-state index is 12.2. The molecule has 0 radical (unpaired) electrons. The van der Waals surface area contributed by atoms with Crippen molar-refractivity contribution < 1.29 is 14.3 Å². The molecule has 1 aromatic carbocycles. The van der Waals surface area contributed by atoms with E-state index in [1.54, 1.807) is 24.1 Å². The maximum Gasteiger partial charge on any atom is 0.251 e. The van der Waals surface area contributed by atoms with E-state index in [1.165, 1.54) is 0 Å². The Morgan fingerprint density at radius 1 is 1.19 bits per heavy atom. The average Bonchev–Trinajstić information content (AvgIpc) is 2.70. The standard InChI is InChI=1S/C20H25N3O4/c1-27-16-7-5-14-11-15(20(26)22-17(14)12-16)6-8-18(24)21-13-19(25)23-9-3-2-4-10-23/h5,7,11-12H,2-4,6,8-10,13H2,1H3,(H,21,24)(H,22,26). The lowest BCUT2D eigenvalue weighted by atomic mass is 10.1. The number of piperidine rings is 1. The molecular weight excluding hydrogens is 346 g/mol. The first-order valence-corrected chi connectivity index (χ1v) is 9.31. The molecule has 2 heterocycles. The van der Waals surface area contributed by atoms with E-state index in [0.29, 0.717) is 23.3 Å². The predicted molar refractivity (Wildman–Crippen MR) is 103 cm³/mol. The van der Waals surface area contributed by atoms with Crippen LogP contribution in [0.15, 0.2) is 29.1 Å². The minimum Gasteiger partial charge on any atom is -0.497 e. The van der Waals surface area contributed by atoms with Gasteiger partial charge in [0.2, 0.25) is 11.8 Å². The first kappa shape index (κ1) is 18.9. The van der Waals surface area contributed by atoms with E-state index < -0.39 is 0 Å². The lowest BCUT2D eigenvalue weighted by Crippen LogP contribution is -2.42. The summed E-state index contributed by atoms with van der Waals surface area (Å²) < 4.78 is 5.16. The third-order valence-corrected chi connectivity index (χ3v) is 4.90. The topological polar surface area (TPSA) is 91.5 Å². The van der Waals surface area contributed by atoms with Crippen LogP contribution in [0, 0.1) is 0 Å². The van der Waals surface area contributed by atoms with E-state index in [-0.39, 0.29) is 30.3 Å². The smallest absolute Gasteiger partial charge is 0.251 e. The van der Waals surface area contributed by atoms with Gasteiger partial charge in [0.25, 0.3) is 5.56 Å². The van der Waals surface area contributed by atoms with Gasteiger partial charge in [-0.25, -0.2) is 0 Å². The molecule has 0 unspecified atom stereocenters. The molecule has 0 atom stereocenters. The fraction of sp³-hybridized carbons (Fsp3) is 0.450. The predicted octanol–water partition coefficient (Wildman–Crippen LogP) is 1.60. The normalized spacial score (nSPS) is 14.2. The third kappa shape index (κ3) is 4.87. The van der Waals surface area contributed by atoms with Crippen LogP contribution in [0.1, 0.15) is 31.2 Å². The Kier molecular flexibility index (Phi) is 6.11. The van der Waals surface area contributed by atoms with Crippen molar-refractivity contribution in [2.75, 3.05) is 26.7 Å². The maximum atomic E-state index is 12.2. The van der Waals surface area contributed by atoms with Crippen LogP contribution in [0.3, 0.4) is 0 Å². The highest BCUT2D eigenvalue weighted by Crippen LogP contribution is 2.18. The first-order valence-electron chi connectivity index (χ1n) is 9.31. The van der Waals surface area contributed by atoms with E-state index in [1.807, 2.05) is 12.1 Å². The van der Waals surface area contributed by atoms with Gasteiger partial charge < -0.3 is 19.9 Å². The van der Waals surface area contributed by atoms with Crippen LogP contribution in [-0.4, -0.2) is 48.4 Å². The molecule has 2 aromatic rings. The average molecular weight is 371 g/mol. The lowest BCUT2D eigenvalue weighted by molar-refractivity contribution is -0.133. The molecule has 7 nitrogen and oxygen atoms in total. The van der Waals surface area contributed by atoms with Gasteiger partial charge in [-0.05, 0) is 49.3 Å². The van der Waals surface area contributed by atoms with Gasteiger partial charge >= 0.3 is 0 Å². The van der Waals surface area contributed by atoms with Crippen LogP contribution in [0.5, 0.6) is 5.75 Å². The highest BCUT2D eigenvalue weighted by atomic mass is 16.5. The Hall–Kier alpha value is -2.83. The van der Waals surface area contributed by atoms with Crippen molar-refractivity contribution in [1.29, 1.82) is 0 Å². The minimum atomic E-state index is -0.227. The molecule has 0 aliphatic carbocycles. The number of nitrogens with zero attached hydrogens (tertiary/aromatic N) is 1. The van der Waals surface area contributed by atoms with Crippen LogP contribution in [0.2, 0.25) is 0 Å². The number of carbonyl (C=O) groups is 2. The Morgan fingerprint density at radius 3 is 2.70 bits per heavy atom. The molecule has 1 saturated heterocycles. The number of rotatable bonds is 6. The van der Waals surface area contributed by atoms with Crippen molar-refractivity contribution in [3.05, 3.63) is 40.2 Å². The summed E-state index contributed by atoms with van der Waals surface area (Å²) in [5.41, 5.74) is 1.03. The van der Waals surface area contributed by atoms with Crippen LogP contribution >= 0.6 is 0 Å². The number of aromatic amines is 1. The number of benzene rings is 1. The summed E-state index contributed by atoms with van der Waals surface area (Å²) in [4.78, 5) is 41.0.